The van der Waals surface area contributed by atoms with E-state index >= 15 is 0 Å². The smallest absolute Gasteiger partial charge is 0.193 e. The highest BCUT2D eigenvalue weighted by molar-refractivity contribution is 7.60. The van der Waals surface area contributed by atoms with Gasteiger partial charge in [-0.25, -0.2) is 0 Å². The molecule has 0 aliphatic carbocycles. The van der Waals surface area contributed by atoms with E-state index in [0.29, 0.717) is 12.8 Å². The summed E-state index contributed by atoms with van der Waals surface area (Å²) in [5.74, 6) is 0. The Morgan fingerprint density at radius 1 is 1.36 bits per heavy atom. The molecule has 68 valence electrons. The Kier molecular flexibility index (Phi) is 6.06. The van der Waals surface area contributed by atoms with Gasteiger partial charge in [-0.05, 0) is 13.3 Å². The molecule has 0 aliphatic heterocycles. The van der Waals surface area contributed by atoms with Crippen LogP contribution >= 0.6 is 7.94 Å². The molecular weight excluding hydrogens is 163 g/mol. The first-order valence-electron chi connectivity index (χ1n) is 3.99. The molecule has 0 aliphatic rings. The predicted octanol–water partition coefficient (Wildman–Crippen LogP) is 2.22. The second-order valence-electron chi connectivity index (χ2n) is 2.31. The number of unbranched alkanes of at least 4 members (excludes halogenated alkanes) is 1. The second-order valence-corrected chi connectivity index (χ2v) is 4.66. The summed E-state index contributed by atoms with van der Waals surface area (Å²) in [5.41, 5.74) is 0. The molecule has 0 heterocycles. The number of rotatable bonds is 6. The molecule has 4 heteroatoms. The van der Waals surface area contributed by atoms with Crippen LogP contribution in [0.2, 0.25) is 0 Å². The summed E-state index contributed by atoms with van der Waals surface area (Å²) in [5, 5.41) is 0. The predicted molar refractivity (Wildman–Crippen MR) is 47.5 cm³/mol. The number of hydrogen-bond donors (Lipinski definition) is 1. The van der Waals surface area contributed by atoms with E-state index in [2.05, 4.69) is 6.92 Å². The fourth-order valence-electron chi connectivity index (χ4n) is 0.768. The Morgan fingerprint density at radius 2 is 2.00 bits per heavy atom. The maximum atomic E-state index is 9.62. The van der Waals surface area contributed by atoms with Crippen molar-refractivity contribution < 1.29 is 13.9 Å². The van der Waals surface area contributed by atoms with E-state index in [-0.39, 0.29) is 0 Å². The average Bonchev–Trinajstić information content (AvgIpc) is 2.02. The Hall–Kier alpha value is 0.310. The summed E-state index contributed by atoms with van der Waals surface area (Å²) in [7, 11) is -0.968. The zero-order valence-corrected chi connectivity index (χ0v) is 8.43. The minimum absolute atomic E-state index is 0.516. The third kappa shape index (κ3) is 4.70. The van der Waals surface area contributed by atoms with Gasteiger partial charge in [0, 0.05) is 0 Å². The molecule has 0 fully saturated rings. The molecule has 11 heavy (non-hydrogen) atoms. The van der Waals surface area contributed by atoms with E-state index in [0.717, 1.165) is 12.8 Å². The molecule has 0 radical (unpaired) electrons. The highest BCUT2D eigenvalue weighted by atomic mass is 31.2. The maximum Gasteiger partial charge on any atom is 0.408 e. The van der Waals surface area contributed by atoms with Crippen LogP contribution in [-0.2, 0) is 9.05 Å². The zero-order chi connectivity index (χ0) is 8.74. The molecule has 0 amide bonds. The summed E-state index contributed by atoms with van der Waals surface area (Å²) < 4.78 is 10.0. The first kappa shape index (κ1) is 11.3. The number of hydrogen-bond acceptors (Lipinski definition) is 3. The SMILES string of the molecule is CCCC[P+](O)(OC)OCC. The summed E-state index contributed by atoms with van der Waals surface area (Å²) in [6.07, 6.45) is 2.66. The normalized spacial score (nSPS) is 16.4. The van der Waals surface area contributed by atoms with Crippen molar-refractivity contribution in [2.75, 3.05) is 19.9 Å². The molecule has 1 atom stereocenters. The van der Waals surface area contributed by atoms with Gasteiger partial charge in [0.15, 0.2) is 0 Å². The topological polar surface area (TPSA) is 38.7 Å². The van der Waals surface area contributed by atoms with Crippen molar-refractivity contribution in [3.8, 4) is 0 Å². The van der Waals surface area contributed by atoms with Crippen LogP contribution in [0, 0.1) is 0 Å². The zero-order valence-electron chi connectivity index (χ0n) is 7.54. The third-order valence-electron chi connectivity index (χ3n) is 1.41. The lowest BCUT2D eigenvalue weighted by atomic mass is 10.4. The van der Waals surface area contributed by atoms with E-state index in [9.17, 15) is 4.89 Å². The standard InChI is InChI=1S/C7H18O3P/c1-4-6-7-11(8,9-3)10-5-2/h8H,4-7H2,1-3H3/q+1. The molecule has 0 saturated heterocycles. The Balaban J connectivity index is 3.68. The summed E-state index contributed by atoms with van der Waals surface area (Å²) in [6.45, 7) is 4.45. The molecule has 1 N–H and O–H groups in total. The molecule has 0 spiro atoms. The van der Waals surface area contributed by atoms with E-state index < -0.39 is 7.94 Å². The molecular formula is C7H18O3P+. The summed E-state index contributed by atoms with van der Waals surface area (Å²) in [6, 6.07) is 0. The van der Waals surface area contributed by atoms with Crippen LogP contribution in [0.4, 0.5) is 0 Å². The lowest BCUT2D eigenvalue weighted by molar-refractivity contribution is 0.211. The van der Waals surface area contributed by atoms with Crippen molar-refractivity contribution in [2.24, 2.45) is 0 Å². The Morgan fingerprint density at radius 3 is 2.36 bits per heavy atom. The van der Waals surface area contributed by atoms with Crippen molar-refractivity contribution in [2.45, 2.75) is 26.7 Å². The van der Waals surface area contributed by atoms with Crippen LogP contribution < -0.4 is 0 Å². The van der Waals surface area contributed by atoms with Crippen LogP contribution in [0.15, 0.2) is 0 Å². The molecule has 0 aromatic carbocycles. The molecule has 0 saturated carbocycles. The molecule has 0 bridgehead atoms. The monoisotopic (exact) mass is 181 g/mol. The largest absolute Gasteiger partial charge is 0.408 e. The fraction of sp³-hybridized carbons (Fsp3) is 1.00. The maximum absolute atomic E-state index is 9.62. The van der Waals surface area contributed by atoms with Gasteiger partial charge in [0.25, 0.3) is 0 Å². The van der Waals surface area contributed by atoms with Crippen molar-refractivity contribution in [3.63, 3.8) is 0 Å². The van der Waals surface area contributed by atoms with Gasteiger partial charge in [0.1, 0.15) is 6.16 Å². The van der Waals surface area contributed by atoms with Gasteiger partial charge in [-0.2, -0.15) is 13.9 Å². The molecule has 0 aromatic heterocycles. The van der Waals surface area contributed by atoms with Gasteiger partial charge >= 0.3 is 7.94 Å². The fourth-order valence-corrected chi connectivity index (χ4v) is 2.30. The van der Waals surface area contributed by atoms with Gasteiger partial charge < -0.3 is 0 Å². The molecule has 0 rings (SSSR count). The van der Waals surface area contributed by atoms with Crippen LogP contribution in [0.3, 0.4) is 0 Å². The van der Waals surface area contributed by atoms with Crippen molar-refractivity contribution in [1.82, 2.24) is 0 Å². The van der Waals surface area contributed by atoms with Crippen LogP contribution in [0.5, 0.6) is 0 Å². The van der Waals surface area contributed by atoms with Gasteiger partial charge in [0.05, 0.1) is 13.7 Å². The lowest BCUT2D eigenvalue weighted by Gasteiger charge is -2.13. The highest BCUT2D eigenvalue weighted by Crippen LogP contribution is 2.56. The molecule has 1 unspecified atom stereocenters. The highest BCUT2D eigenvalue weighted by Gasteiger charge is 2.37. The first-order valence-corrected chi connectivity index (χ1v) is 5.76. The van der Waals surface area contributed by atoms with E-state index in [1.54, 1.807) is 0 Å². The van der Waals surface area contributed by atoms with Gasteiger partial charge in [-0.15, -0.1) is 0 Å². The third-order valence-corrected chi connectivity index (χ3v) is 3.52. The van der Waals surface area contributed by atoms with Crippen LogP contribution in [0.25, 0.3) is 0 Å². The average molecular weight is 181 g/mol. The Labute approximate surface area is 69.3 Å². The minimum atomic E-state index is -2.47. The van der Waals surface area contributed by atoms with Crippen molar-refractivity contribution in [1.29, 1.82) is 0 Å². The van der Waals surface area contributed by atoms with Crippen LogP contribution in [0.1, 0.15) is 26.7 Å². The summed E-state index contributed by atoms with van der Waals surface area (Å²) in [4.78, 5) is 9.62. The van der Waals surface area contributed by atoms with E-state index in [1.807, 2.05) is 6.92 Å². The van der Waals surface area contributed by atoms with Gasteiger partial charge in [-0.1, -0.05) is 13.3 Å². The molecule has 0 aromatic rings. The van der Waals surface area contributed by atoms with Crippen molar-refractivity contribution >= 4 is 7.94 Å². The lowest BCUT2D eigenvalue weighted by Crippen LogP contribution is -2.04. The second kappa shape index (κ2) is 5.90. The minimum Gasteiger partial charge on any atom is -0.193 e. The van der Waals surface area contributed by atoms with Crippen molar-refractivity contribution in [3.05, 3.63) is 0 Å². The Bertz CT molecular complexity index is 99.7. The van der Waals surface area contributed by atoms with Gasteiger partial charge in [-0.3, -0.25) is 0 Å². The quantitative estimate of drug-likeness (QED) is 0.638. The molecule has 3 nitrogen and oxygen atoms in total. The summed E-state index contributed by atoms with van der Waals surface area (Å²) >= 11 is 0. The first-order chi connectivity index (χ1) is 5.18. The van der Waals surface area contributed by atoms with E-state index in [4.69, 9.17) is 9.05 Å². The van der Waals surface area contributed by atoms with Crippen LogP contribution in [-0.4, -0.2) is 24.8 Å². The van der Waals surface area contributed by atoms with E-state index in [1.165, 1.54) is 7.11 Å². The van der Waals surface area contributed by atoms with Gasteiger partial charge in [0.2, 0.25) is 0 Å².